The van der Waals surface area contributed by atoms with Gasteiger partial charge >= 0.3 is 0 Å². The average Bonchev–Trinajstić information content (AvgIpc) is 3.24. The third-order valence-corrected chi connectivity index (χ3v) is 5.57. The Hall–Kier alpha value is -3.62. The van der Waals surface area contributed by atoms with Gasteiger partial charge in [-0.05, 0) is 30.3 Å². The van der Waals surface area contributed by atoms with Gasteiger partial charge in [0, 0.05) is 27.6 Å². The highest BCUT2D eigenvalue weighted by molar-refractivity contribution is 7.13. The van der Waals surface area contributed by atoms with Crippen LogP contribution < -0.4 is 5.32 Å². The topological polar surface area (TPSA) is 85.1 Å². The van der Waals surface area contributed by atoms with Crippen molar-refractivity contribution in [3.63, 3.8) is 0 Å². The molecular formula is C22H13ClFN3O3S. The highest BCUT2D eigenvalue weighted by Crippen LogP contribution is 2.34. The lowest BCUT2D eigenvalue weighted by Gasteiger charge is -2.10. The molecule has 0 radical (unpaired) electrons. The lowest BCUT2D eigenvalue weighted by atomic mass is 10.1. The first-order valence-corrected chi connectivity index (χ1v) is 10.2. The molecule has 3 aromatic carbocycles. The summed E-state index contributed by atoms with van der Waals surface area (Å²) < 4.78 is 14.1. The van der Waals surface area contributed by atoms with E-state index in [1.54, 1.807) is 47.8 Å². The Kier molecular flexibility index (Phi) is 5.75. The molecule has 0 saturated carbocycles. The molecule has 31 heavy (non-hydrogen) atoms. The van der Waals surface area contributed by atoms with Crippen molar-refractivity contribution in [2.45, 2.75) is 0 Å². The van der Waals surface area contributed by atoms with Crippen molar-refractivity contribution in [1.82, 2.24) is 4.98 Å². The van der Waals surface area contributed by atoms with Crippen LogP contribution in [-0.4, -0.2) is 15.8 Å². The fraction of sp³-hybridized carbons (Fsp3) is 0. The van der Waals surface area contributed by atoms with Gasteiger partial charge < -0.3 is 5.32 Å². The molecule has 6 nitrogen and oxygen atoms in total. The summed E-state index contributed by atoms with van der Waals surface area (Å²) in [6.45, 7) is 0. The molecule has 154 valence electrons. The molecule has 0 bridgehead atoms. The van der Waals surface area contributed by atoms with E-state index in [0.29, 0.717) is 27.5 Å². The lowest BCUT2D eigenvalue weighted by molar-refractivity contribution is -0.385. The Morgan fingerprint density at radius 2 is 1.77 bits per heavy atom. The van der Waals surface area contributed by atoms with Crippen molar-refractivity contribution in [3.05, 3.63) is 98.6 Å². The summed E-state index contributed by atoms with van der Waals surface area (Å²) >= 11 is 7.20. The van der Waals surface area contributed by atoms with Crippen LogP contribution in [0.5, 0.6) is 0 Å². The van der Waals surface area contributed by atoms with Crippen LogP contribution >= 0.6 is 22.9 Å². The van der Waals surface area contributed by atoms with E-state index in [2.05, 4.69) is 10.3 Å². The Morgan fingerprint density at radius 1 is 1.06 bits per heavy atom. The van der Waals surface area contributed by atoms with Crippen molar-refractivity contribution in [1.29, 1.82) is 0 Å². The van der Waals surface area contributed by atoms with Crippen molar-refractivity contribution in [3.8, 4) is 21.8 Å². The minimum atomic E-state index is -0.675. The first kappa shape index (κ1) is 20.6. The smallest absolute Gasteiger partial charge is 0.282 e. The molecule has 0 unspecified atom stereocenters. The number of carbonyl (C=O) groups is 1. The number of anilines is 1. The Labute approximate surface area is 185 Å². The molecule has 0 aliphatic rings. The number of carbonyl (C=O) groups excluding carboxylic acids is 1. The lowest BCUT2D eigenvalue weighted by Crippen LogP contribution is -2.14. The highest BCUT2D eigenvalue weighted by Gasteiger charge is 2.22. The van der Waals surface area contributed by atoms with Gasteiger partial charge in [0.25, 0.3) is 11.6 Å². The van der Waals surface area contributed by atoms with Crippen molar-refractivity contribution in [2.75, 3.05) is 5.32 Å². The van der Waals surface area contributed by atoms with Gasteiger partial charge in [0.1, 0.15) is 16.4 Å². The van der Waals surface area contributed by atoms with Gasteiger partial charge in [-0.2, -0.15) is 0 Å². The molecule has 4 rings (SSSR count). The first-order chi connectivity index (χ1) is 14.9. The summed E-state index contributed by atoms with van der Waals surface area (Å²) in [6, 6.07) is 17.0. The number of hydrogen-bond acceptors (Lipinski definition) is 5. The molecule has 0 atom stereocenters. The van der Waals surface area contributed by atoms with Crippen molar-refractivity contribution in [2.24, 2.45) is 0 Å². The summed E-state index contributed by atoms with van der Waals surface area (Å²) in [6.07, 6.45) is 0. The number of para-hydroxylation sites is 1. The zero-order valence-corrected chi connectivity index (χ0v) is 17.3. The molecule has 4 aromatic rings. The third kappa shape index (κ3) is 4.30. The Bertz CT molecular complexity index is 1310. The maximum atomic E-state index is 14.1. The molecular weight excluding hydrogens is 441 g/mol. The molecule has 0 saturated heterocycles. The van der Waals surface area contributed by atoms with E-state index in [-0.39, 0.29) is 22.1 Å². The van der Waals surface area contributed by atoms with Crippen LogP contribution in [-0.2, 0) is 0 Å². The fourth-order valence-electron chi connectivity index (χ4n) is 3.01. The number of halogens is 2. The largest absolute Gasteiger partial charge is 0.321 e. The number of nitrogens with zero attached hydrogens (tertiary/aromatic N) is 2. The third-order valence-electron chi connectivity index (χ3n) is 4.46. The van der Waals surface area contributed by atoms with Gasteiger partial charge in [-0.15, -0.1) is 11.3 Å². The van der Waals surface area contributed by atoms with Crippen LogP contribution in [0.2, 0.25) is 5.02 Å². The first-order valence-electron chi connectivity index (χ1n) is 8.99. The summed E-state index contributed by atoms with van der Waals surface area (Å²) in [4.78, 5) is 28.0. The number of hydrogen-bond donors (Lipinski definition) is 1. The Balaban J connectivity index is 1.68. The van der Waals surface area contributed by atoms with Gasteiger partial charge in [-0.25, -0.2) is 9.37 Å². The van der Waals surface area contributed by atoms with Gasteiger partial charge in [0.2, 0.25) is 0 Å². The van der Waals surface area contributed by atoms with E-state index in [1.807, 2.05) is 0 Å². The summed E-state index contributed by atoms with van der Waals surface area (Å²) in [5.41, 5.74) is 1.42. The summed E-state index contributed by atoms with van der Waals surface area (Å²) in [7, 11) is 0. The van der Waals surface area contributed by atoms with Crippen LogP contribution in [0.1, 0.15) is 10.4 Å². The maximum Gasteiger partial charge on any atom is 0.282 e. The SMILES string of the molecule is O=C(Nc1ccccc1-c1csc(-c2ccccc2F)n1)c1cc(Cl)ccc1[N+](=O)[O-]. The number of thiazole rings is 1. The quantitative estimate of drug-likeness (QED) is 0.278. The van der Waals surface area contributed by atoms with Crippen LogP contribution in [0.3, 0.4) is 0 Å². The average molecular weight is 454 g/mol. The second-order valence-corrected chi connectivity index (χ2v) is 7.73. The Morgan fingerprint density at radius 3 is 2.52 bits per heavy atom. The zero-order valence-electron chi connectivity index (χ0n) is 15.7. The second kappa shape index (κ2) is 8.63. The molecule has 1 aromatic heterocycles. The number of benzene rings is 3. The second-order valence-electron chi connectivity index (χ2n) is 6.44. The molecule has 9 heteroatoms. The van der Waals surface area contributed by atoms with Crippen LogP contribution in [0.15, 0.2) is 72.1 Å². The molecule has 0 aliphatic carbocycles. The number of rotatable bonds is 5. The maximum absolute atomic E-state index is 14.1. The van der Waals surface area contributed by atoms with E-state index in [0.717, 1.165) is 0 Å². The number of nitrogens with one attached hydrogen (secondary N) is 1. The zero-order chi connectivity index (χ0) is 22.0. The van der Waals surface area contributed by atoms with E-state index < -0.39 is 10.8 Å². The minimum Gasteiger partial charge on any atom is -0.321 e. The minimum absolute atomic E-state index is 0.155. The van der Waals surface area contributed by atoms with Crippen LogP contribution in [0, 0.1) is 15.9 Å². The number of nitro benzene ring substituents is 1. The van der Waals surface area contributed by atoms with Crippen molar-refractivity contribution >= 4 is 40.2 Å². The number of amides is 1. The molecule has 1 N–H and O–H groups in total. The van der Waals surface area contributed by atoms with Gasteiger partial charge in [0.15, 0.2) is 0 Å². The van der Waals surface area contributed by atoms with Crippen LogP contribution in [0.25, 0.3) is 21.8 Å². The van der Waals surface area contributed by atoms with Gasteiger partial charge in [-0.1, -0.05) is 41.9 Å². The van der Waals surface area contributed by atoms with Gasteiger partial charge in [-0.3, -0.25) is 14.9 Å². The summed E-state index contributed by atoms with van der Waals surface area (Å²) in [5, 5.41) is 16.4. The van der Waals surface area contributed by atoms with Crippen LogP contribution in [0.4, 0.5) is 15.8 Å². The molecule has 1 heterocycles. The van der Waals surface area contributed by atoms with Gasteiger partial charge in [0.05, 0.1) is 16.3 Å². The molecule has 1 amide bonds. The van der Waals surface area contributed by atoms with Crippen molar-refractivity contribution < 1.29 is 14.1 Å². The standard InChI is InChI=1S/C22H13ClFN3O3S/c23-13-9-10-20(27(29)30)16(11-13)21(28)25-18-8-4-2-6-15(18)19-12-31-22(26-19)14-5-1-3-7-17(14)24/h1-12H,(H,25,28). The fourth-order valence-corrected chi connectivity index (χ4v) is 4.03. The predicted molar refractivity (Wildman–Crippen MR) is 119 cm³/mol. The number of nitro groups is 1. The summed E-state index contributed by atoms with van der Waals surface area (Å²) in [5.74, 6) is -1.05. The van der Waals surface area contributed by atoms with E-state index >= 15 is 0 Å². The molecule has 0 spiro atoms. The highest BCUT2D eigenvalue weighted by atomic mass is 35.5. The number of aromatic nitrogens is 1. The van der Waals surface area contributed by atoms with E-state index in [4.69, 9.17) is 11.6 Å². The van der Waals surface area contributed by atoms with E-state index in [1.165, 1.54) is 35.6 Å². The monoisotopic (exact) mass is 453 g/mol. The normalized spacial score (nSPS) is 10.6. The molecule has 0 fully saturated rings. The molecule has 0 aliphatic heterocycles. The predicted octanol–water partition coefficient (Wildman–Crippen LogP) is 6.43. The van der Waals surface area contributed by atoms with E-state index in [9.17, 15) is 19.3 Å².